The van der Waals surface area contributed by atoms with E-state index in [1.165, 1.54) is 39.0 Å². The predicted molar refractivity (Wildman–Crippen MR) is 89.3 cm³/mol. The first-order chi connectivity index (χ1) is 9.07. The fourth-order valence-electron chi connectivity index (χ4n) is 3.04. The normalized spacial score (nSPS) is 19.8. The van der Waals surface area contributed by atoms with E-state index in [0.717, 1.165) is 12.5 Å². The molecule has 1 rings (SSSR count). The first-order valence-corrected chi connectivity index (χ1v) is 8.19. The zero-order valence-electron chi connectivity index (χ0n) is 14.9. The van der Waals surface area contributed by atoms with Gasteiger partial charge in [0.15, 0.2) is 0 Å². The van der Waals surface area contributed by atoms with Gasteiger partial charge in [-0.3, -0.25) is 0 Å². The van der Waals surface area contributed by atoms with Crippen molar-refractivity contribution in [3.63, 3.8) is 0 Å². The number of piperidine rings is 1. The first-order valence-electron chi connectivity index (χ1n) is 8.19. The molecule has 0 bridgehead atoms. The van der Waals surface area contributed by atoms with Gasteiger partial charge >= 0.3 is 0 Å². The van der Waals surface area contributed by atoms with Crippen molar-refractivity contribution in [1.29, 1.82) is 0 Å². The molecule has 0 aromatic rings. The lowest BCUT2D eigenvalue weighted by molar-refractivity contribution is 0.140. The van der Waals surface area contributed by atoms with E-state index in [9.17, 15) is 0 Å². The summed E-state index contributed by atoms with van der Waals surface area (Å²) in [4.78, 5) is 4.99. The van der Waals surface area contributed by atoms with Gasteiger partial charge in [-0.1, -0.05) is 13.8 Å². The summed E-state index contributed by atoms with van der Waals surface area (Å²) >= 11 is 0. The molecular formula is C17H37N3. The molecule has 0 saturated carbocycles. The quantitative estimate of drug-likeness (QED) is 0.808. The second-order valence-corrected chi connectivity index (χ2v) is 8.71. The molecule has 1 fully saturated rings. The Hall–Kier alpha value is -0.120. The molecule has 20 heavy (non-hydrogen) atoms. The molecule has 0 aliphatic carbocycles. The first kappa shape index (κ1) is 17.9. The summed E-state index contributed by atoms with van der Waals surface area (Å²) in [5.41, 5.74) is 0.539. The Morgan fingerprint density at radius 3 is 2.15 bits per heavy atom. The van der Waals surface area contributed by atoms with Gasteiger partial charge in [-0.05, 0) is 72.1 Å². The van der Waals surface area contributed by atoms with Crippen LogP contribution in [0.3, 0.4) is 0 Å². The maximum absolute atomic E-state index is 3.64. The van der Waals surface area contributed by atoms with E-state index >= 15 is 0 Å². The van der Waals surface area contributed by atoms with E-state index < -0.39 is 0 Å². The van der Waals surface area contributed by atoms with Crippen LogP contribution in [0.15, 0.2) is 0 Å². The van der Waals surface area contributed by atoms with Crippen molar-refractivity contribution in [3.8, 4) is 0 Å². The lowest BCUT2D eigenvalue weighted by atomic mass is 9.90. The van der Waals surface area contributed by atoms with Crippen LogP contribution in [0.2, 0.25) is 0 Å². The summed E-state index contributed by atoms with van der Waals surface area (Å²) in [7, 11) is 4.53. The maximum Gasteiger partial charge on any atom is 0.00967 e. The standard InChI is InChI=1S/C17H37N3/c1-16(2,3)18-13-17(4,5)14-20(7)12-15-8-10-19(6)11-9-15/h15,18H,8-14H2,1-7H3. The van der Waals surface area contributed by atoms with Crippen LogP contribution in [0, 0.1) is 11.3 Å². The molecule has 0 amide bonds. The van der Waals surface area contributed by atoms with Crippen LogP contribution in [0.25, 0.3) is 0 Å². The molecule has 0 radical (unpaired) electrons. The Morgan fingerprint density at radius 2 is 1.65 bits per heavy atom. The number of hydrogen-bond donors (Lipinski definition) is 1. The zero-order valence-corrected chi connectivity index (χ0v) is 14.9. The van der Waals surface area contributed by atoms with Crippen LogP contribution < -0.4 is 5.32 Å². The third-order valence-electron chi connectivity index (χ3n) is 4.20. The van der Waals surface area contributed by atoms with Gasteiger partial charge in [-0.2, -0.15) is 0 Å². The molecule has 0 spiro atoms. The molecule has 3 nitrogen and oxygen atoms in total. The predicted octanol–water partition coefficient (Wildman–Crippen LogP) is 2.67. The smallest absolute Gasteiger partial charge is 0.00967 e. The van der Waals surface area contributed by atoms with Crippen molar-refractivity contribution < 1.29 is 0 Å². The van der Waals surface area contributed by atoms with E-state index in [1.54, 1.807) is 0 Å². The minimum absolute atomic E-state index is 0.212. The van der Waals surface area contributed by atoms with E-state index in [1.807, 2.05) is 0 Å². The molecule has 0 atom stereocenters. The highest BCUT2D eigenvalue weighted by Gasteiger charge is 2.24. The third kappa shape index (κ3) is 7.61. The van der Waals surface area contributed by atoms with E-state index in [0.29, 0.717) is 5.41 Å². The van der Waals surface area contributed by atoms with Gasteiger partial charge in [0.25, 0.3) is 0 Å². The summed E-state index contributed by atoms with van der Waals surface area (Å²) in [6, 6.07) is 0. The monoisotopic (exact) mass is 283 g/mol. The average Bonchev–Trinajstić information content (AvgIpc) is 2.28. The molecule has 0 aromatic heterocycles. The Kier molecular flexibility index (Phi) is 6.49. The summed E-state index contributed by atoms with van der Waals surface area (Å²) < 4.78 is 0. The van der Waals surface area contributed by atoms with E-state index in [-0.39, 0.29) is 5.54 Å². The van der Waals surface area contributed by atoms with Gasteiger partial charge in [-0.15, -0.1) is 0 Å². The zero-order chi connectivity index (χ0) is 15.4. The van der Waals surface area contributed by atoms with Crippen LogP contribution in [0.1, 0.15) is 47.5 Å². The van der Waals surface area contributed by atoms with Gasteiger partial charge in [0.2, 0.25) is 0 Å². The highest BCUT2D eigenvalue weighted by molar-refractivity contribution is 4.81. The molecule has 3 heteroatoms. The van der Waals surface area contributed by atoms with Gasteiger partial charge < -0.3 is 15.1 Å². The average molecular weight is 284 g/mol. The van der Waals surface area contributed by atoms with Gasteiger partial charge in [0.1, 0.15) is 0 Å². The van der Waals surface area contributed by atoms with E-state index in [4.69, 9.17) is 0 Å². The highest BCUT2D eigenvalue weighted by atomic mass is 15.1. The highest BCUT2D eigenvalue weighted by Crippen LogP contribution is 2.21. The molecule has 1 aliphatic heterocycles. The summed E-state index contributed by atoms with van der Waals surface area (Å²) in [5, 5.41) is 3.64. The van der Waals surface area contributed by atoms with Gasteiger partial charge in [-0.25, -0.2) is 0 Å². The van der Waals surface area contributed by atoms with Gasteiger partial charge in [0, 0.05) is 25.2 Å². The number of nitrogens with one attached hydrogen (secondary N) is 1. The molecule has 1 saturated heterocycles. The minimum Gasteiger partial charge on any atom is -0.311 e. The van der Waals surface area contributed by atoms with Crippen LogP contribution in [0.4, 0.5) is 0 Å². The maximum atomic E-state index is 3.64. The lowest BCUT2D eigenvalue weighted by Gasteiger charge is -2.36. The minimum atomic E-state index is 0.212. The number of hydrogen-bond acceptors (Lipinski definition) is 3. The van der Waals surface area contributed by atoms with Crippen LogP contribution in [0.5, 0.6) is 0 Å². The third-order valence-corrected chi connectivity index (χ3v) is 4.20. The molecular weight excluding hydrogens is 246 g/mol. The topological polar surface area (TPSA) is 18.5 Å². The summed E-state index contributed by atoms with van der Waals surface area (Å²) in [6.45, 7) is 17.5. The Morgan fingerprint density at radius 1 is 1.10 bits per heavy atom. The second kappa shape index (κ2) is 7.24. The molecule has 0 unspecified atom stereocenters. The Balaban J connectivity index is 2.31. The SMILES string of the molecule is CN1CCC(CN(C)CC(C)(C)CNC(C)(C)C)CC1. The van der Waals surface area contributed by atoms with Crippen molar-refractivity contribution in [2.75, 3.05) is 46.8 Å². The number of nitrogens with zero attached hydrogens (tertiary/aromatic N) is 2. The van der Waals surface area contributed by atoms with Crippen molar-refractivity contribution in [2.24, 2.45) is 11.3 Å². The summed E-state index contributed by atoms with van der Waals surface area (Å²) in [5.74, 6) is 0.891. The molecule has 0 aromatic carbocycles. The fraction of sp³-hybridized carbons (Fsp3) is 1.00. The summed E-state index contributed by atoms with van der Waals surface area (Å²) in [6.07, 6.45) is 2.73. The van der Waals surface area contributed by atoms with E-state index in [2.05, 4.69) is 63.8 Å². The molecule has 1 N–H and O–H groups in total. The van der Waals surface area contributed by atoms with Crippen LogP contribution in [-0.4, -0.2) is 62.2 Å². The Bertz CT molecular complexity index is 272. The van der Waals surface area contributed by atoms with Crippen LogP contribution >= 0.6 is 0 Å². The molecule has 120 valence electrons. The Labute approximate surface area is 127 Å². The van der Waals surface area contributed by atoms with Crippen molar-refractivity contribution >= 4 is 0 Å². The van der Waals surface area contributed by atoms with Crippen molar-refractivity contribution in [1.82, 2.24) is 15.1 Å². The second-order valence-electron chi connectivity index (χ2n) is 8.71. The number of rotatable bonds is 6. The van der Waals surface area contributed by atoms with Gasteiger partial charge in [0.05, 0.1) is 0 Å². The molecule has 1 aliphatic rings. The van der Waals surface area contributed by atoms with Crippen LogP contribution in [-0.2, 0) is 0 Å². The van der Waals surface area contributed by atoms with Crippen molar-refractivity contribution in [2.45, 2.75) is 53.0 Å². The van der Waals surface area contributed by atoms with Crippen molar-refractivity contribution in [3.05, 3.63) is 0 Å². The largest absolute Gasteiger partial charge is 0.311 e. The number of likely N-dealkylation sites (tertiary alicyclic amines) is 1. The fourth-order valence-corrected chi connectivity index (χ4v) is 3.04. The lowest BCUT2D eigenvalue weighted by Crippen LogP contribution is -2.46. The molecule has 1 heterocycles.